The summed E-state index contributed by atoms with van der Waals surface area (Å²) in [6.07, 6.45) is -1.67. The van der Waals surface area contributed by atoms with Gasteiger partial charge in [0.15, 0.2) is 0 Å². The predicted molar refractivity (Wildman–Crippen MR) is 123 cm³/mol. The van der Waals surface area contributed by atoms with Crippen LogP contribution in [0.3, 0.4) is 0 Å². The summed E-state index contributed by atoms with van der Waals surface area (Å²) >= 11 is 0. The Hall–Kier alpha value is -2.65. The number of aliphatic hydroxyl groups is 3. The fourth-order valence-electron chi connectivity index (χ4n) is 4.29. The molecule has 1 heterocycles. The SMILES string of the molecule is Cc1cc(F)cc(-c2cccc(CC3C(NS(=N)(=O)C(F)(F)F)CC(O)(O)N3C(=O)C(C)(C)O)c2F)c1. The highest BCUT2D eigenvalue weighted by Gasteiger charge is 2.57. The molecule has 3 unspecified atom stereocenters. The summed E-state index contributed by atoms with van der Waals surface area (Å²) in [5.41, 5.74) is -7.39. The molecule has 0 aliphatic carbocycles. The molecule has 204 valence electrons. The number of carbonyl (C=O) groups is 1. The van der Waals surface area contributed by atoms with E-state index in [1.165, 1.54) is 30.3 Å². The van der Waals surface area contributed by atoms with E-state index in [-0.39, 0.29) is 21.6 Å². The highest BCUT2D eigenvalue weighted by molar-refractivity contribution is 7.91. The van der Waals surface area contributed by atoms with Crippen molar-refractivity contribution in [1.82, 2.24) is 9.62 Å². The van der Waals surface area contributed by atoms with Crippen LogP contribution >= 0.6 is 0 Å². The van der Waals surface area contributed by atoms with Crippen molar-refractivity contribution in [3.63, 3.8) is 0 Å². The van der Waals surface area contributed by atoms with Crippen LogP contribution in [0.2, 0.25) is 0 Å². The van der Waals surface area contributed by atoms with Crippen LogP contribution in [0.1, 0.15) is 31.4 Å². The third-order valence-electron chi connectivity index (χ3n) is 5.92. The maximum Gasteiger partial charge on any atom is 0.492 e. The summed E-state index contributed by atoms with van der Waals surface area (Å²) in [5.74, 6) is -6.00. The number of hydrogen-bond donors (Lipinski definition) is 5. The van der Waals surface area contributed by atoms with Crippen LogP contribution in [0.4, 0.5) is 22.0 Å². The van der Waals surface area contributed by atoms with Gasteiger partial charge in [0.2, 0.25) is 9.92 Å². The lowest BCUT2D eigenvalue weighted by Crippen LogP contribution is -2.58. The van der Waals surface area contributed by atoms with Gasteiger partial charge in [-0.15, -0.1) is 0 Å². The number of alkyl halides is 3. The lowest BCUT2D eigenvalue weighted by atomic mass is 9.95. The average Bonchev–Trinajstić information content (AvgIpc) is 2.95. The van der Waals surface area contributed by atoms with Gasteiger partial charge in [-0.2, -0.15) is 13.2 Å². The number of carbonyl (C=O) groups excluding carboxylic acids is 1. The molecule has 0 aromatic heterocycles. The van der Waals surface area contributed by atoms with Gasteiger partial charge in [0, 0.05) is 18.0 Å². The first kappa shape index (κ1) is 28.9. The van der Waals surface area contributed by atoms with E-state index in [0.717, 1.165) is 19.9 Å². The molecule has 3 atom stereocenters. The molecule has 8 nitrogen and oxygen atoms in total. The molecule has 1 aliphatic heterocycles. The number of amides is 1. The van der Waals surface area contributed by atoms with Crippen LogP contribution in [-0.2, 0) is 21.1 Å². The molecule has 1 fully saturated rings. The summed E-state index contributed by atoms with van der Waals surface area (Å²) < 4.78 is 89.9. The maximum atomic E-state index is 15.6. The van der Waals surface area contributed by atoms with Crippen LogP contribution in [0.15, 0.2) is 36.4 Å². The zero-order chi connectivity index (χ0) is 28.1. The predicted octanol–water partition coefficient (Wildman–Crippen LogP) is 2.93. The molecule has 0 bridgehead atoms. The van der Waals surface area contributed by atoms with Crippen LogP contribution in [0, 0.1) is 23.3 Å². The van der Waals surface area contributed by atoms with Crippen molar-refractivity contribution < 1.29 is 46.3 Å². The lowest BCUT2D eigenvalue weighted by Gasteiger charge is -2.37. The first-order chi connectivity index (χ1) is 16.7. The van der Waals surface area contributed by atoms with E-state index in [4.69, 9.17) is 4.78 Å². The van der Waals surface area contributed by atoms with Crippen molar-refractivity contribution in [3.8, 4) is 11.1 Å². The van der Waals surface area contributed by atoms with Gasteiger partial charge in [-0.3, -0.25) is 9.69 Å². The fourth-order valence-corrected chi connectivity index (χ4v) is 5.09. The normalized spacial score (nSPS) is 21.6. The Morgan fingerprint density at radius 2 is 1.84 bits per heavy atom. The molecule has 2 aromatic rings. The third kappa shape index (κ3) is 5.93. The monoisotopic (exact) mass is 551 g/mol. The van der Waals surface area contributed by atoms with Gasteiger partial charge in [0.05, 0.1) is 6.04 Å². The minimum atomic E-state index is -5.54. The molecule has 14 heteroatoms. The summed E-state index contributed by atoms with van der Waals surface area (Å²) in [7, 11) is -5.52. The summed E-state index contributed by atoms with van der Waals surface area (Å²) in [6, 6.07) is 4.23. The molecule has 3 rings (SSSR count). The van der Waals surface area contributed by atoms with Gasteiger partial charge in [0.1, 0.15) is 17.2 Å². The average molecular weight is 552 g/mol. The Bertz CT molecular complexity index is 1290. The van der Waals surface area contributed by atoms with Crippen molar-refractivity contribution >= 4 is 15.8 Å². The van der Waals surface area contributed by atoms with Crippen LogP contribution < -0.4 is 4.72 Å². The van der Waals surface area contributed by atoms with Crippen molar-refractivity contribution in [3.05, 3.63) is 59.2 Å². The van der Waals surface area contributed by atoms with Crippen LogP contribution in [-0.4, -0.2) is 59.4 Å². The molecule has 1 amide bonds. The zero-order valence-corrected chi connectivity index (χ0v) is 20.8. The summed E-state index contributed by atoms with van der Waals surface area (Å²) in [5, 5.41) is 31.2. The van der Waals surface area contributed by atoms with Crippen molar-refractivity contribution in [1.29, 1.82) is 4.78 Å². The van der Waals surface area contributed by atoms with Gasteiger partial charge >= 0.3 is 5.51 Å². The number of likely N-dealkylation sites (tertiary alicyclic amines) is 1. The van der Waals surface area contributed by atoms with E-state index in [9.17, 15) is 41.9 Å². The Morgan fingerprint density at radius 3 is 2.38 bits per heavy atom. The topological polar surface area (TPSA) is 134 Å². The summed E-state index contributed by atoms with van der Waals surface area (Å²) in [4.78, 5) is 13.2. The molecule has 1 aliphatic rings. The largest absolute Gasteiger partial charge is 0.492 e. The number of nitrogens with one attached hydrogen (secondary N) is 2. The van der Waals surface area contributed by atoms with Gasteiger partial charge in [-0.25, -0.2) is 22.5 Å². The highest BCUT2D eigenvalue weighted by Crippen LogP contribution is 2.37. The first-order valence-corrected chi connectivity index (χ1v) is 12.5. The third-order valence-corrected chi connectivity index (χ3v) is 7.21. The minimum absolute atomic E-state index is 0.0678. The number of benzene rings is 2. The molecule has 2 aromatic carbocycles. The minimum Gasteiger partial charge on any atom is -0.381 e. The fraction of sp³-hybridized carbons (Fsp3) is 0.435. The smallest absolute Gasteiger partial charge is 0.381 e. The van der Waals surface area contributed by atoms with E-state index in [1.807, 2.05) is 0 Å². The van der Waals surface area contributed by atoms with Gasteiger partial charge in [0.25, 0.3) is 11.8 Å². The van der Waals surface area contributed by atoms with E-state index in [0.29, 0.717) is 5.56 Å². The van der Waals surface area contributed by atoms with E-state index in [2.05, 4.69) is 0 Å². The molecule has 5 N–H and O–H groups in total. The molecular formula is C23H26F5N3O5S. The van der Waals surface area contributed by atoms with Gasteiger partial charge < -0.3 is 15.3 Å². The zero-order valence-electron chi connectivity index (χ0n) is 19.9. The van der Waals surface area contributed by atoms with Crippen molar-refractivity contribution in [2.45, 2.75) is 62.7 Å². The molecule has 0 saturated carbocycles. The van der Waals surface area contributed by atoms with E-state index < -0.39 is 69.4 Å². The molecule has 37 heavy (non-hydrogen) atoms. The Morgan fingerprint density at radius 1 is 1.22 bits per heavy atom. The number of aryl methyl sites for hydroxylation is 1. The van der Waals surface area contributed by atoms with Gasteiger partial charge in [-0.1, -0.05) is 24.3 Å². The van der Waals surface area contributed by atoms with Crippen molar-refractivity contribution in [2.24, 2.45) is 0 Å². The van der Waals surface area contributed by atoms with Crippen molar-refractivity contribution in [2.75, 3.05) is 0 Å². The standard InChI is InChI=1S/C23H26F5N3O5S/c1-12-7-14(9-15(24)8-12)16-6-4-5-13(19(16)25)10-18-17(30-37(29,36)23(26,27)28)11-22(34,35)31(18)20(32)21(2,3)33/h4-9,17-18,33-35H,10-11H2,1-3H3,(H2,29,30,36). The van der Waals surface area contributed by atoms with E-state index >= 15 is 4.39 Å². The second-order valence-electron chi connectivity index (χ2n) is 9.51. The second kappa shape index (κ2) is 9.58. The Kier molecular flexibility index (Phi) is 7.49. The number of rotatable bonds is 6. The molecule has 0 spiro atoms. The molecule has 0 radical (unpaired) electrons. The maximum absolute atomic E-state index is 15.6. The molecule has 1 saturated heterocycles. The van der Waals surface area contributed by atoms with E-state index in [1.54, 1.807) is 11.6 Å². The molecular weight excluding hydrogens is 525 g/mol. The number of nitrogens with zero attached hydrogens (tertiary/aromatic N) is 1. The second-order valence-corrected chi connectivity index (χ2v) is 11.3. The highest BCUT2D eigenvalue weighted by atomic mass is 32.2. The number of hydrogen-bond acceptors (Lipinski definition) is 6. The Balaban J connectivity index is 2.11. The summed E-state index contributed by atoms with van der Waals surface area (Å²) in [6.45, 7) is 3.59. The number of halogens is 5. The van der Waals surface area contributed by atoms with Gasteiger partial charge in [-0.05, 0) is 56.0 Å². The first-order valence-electron chi connectivity index (χ1n) is 10.9. The Labute approximate surface area is 209 Å². The van der Waals surface area contributed by atoms with Crippen LogP contribution in [0.5, 0.6) is 0 Å². The quantitative estimate of drug-likeness (QED) is 0.278. The lowest BCUT2D eigenvalue weighted by molar-refractivity contribution is -0.252. The van der Waals surface area contributed by atoms with Crippen LogP contribution in [0.25, 0.3) is 11.1 Å².